The van der Waals surface area contributed by atoms with Gasteiger partial charge in [-0.15, -0.1) is 11.8 Å². The second-order valence-corrected chi connectivity index (χ2v) is 9.00. The number of rotatable bonds is 9. The minimum atomic E-state index is -1.28. The number of hydrogen-bond donors (Lipinski definition) is 1. The summed E-state index contributed by atoms with van der Waals surface area (Å²) in [7, 11) is 1.19. The second kappa shape index (κ2) is 12.0. The third kappa shape index (κ3) is 5.79. The first-order chi connectivity index (χ1) is 16.4. The lowest BCUT2D eigenvalue weighted by Gasteiger charge is -2.31. The Labute approximate surface area is 212 Å². The molecular weight excluding hydrogens is 499 g/mol. The summed E-state index contributed by atoms with van der Waals surface area (Å²) in [6, 6.07) is 14.5. The van der Waals surface area contributed by atoms with Crippen molar-refractivity contribution in [3.05, 3.63) is 68.7 Å². The number of allylic oxidation sites excluding steroid dienone is 1. The molecule has 0 radical (unpaired) electrons. The predicted molar refractivity (Wildman–Crippen MR) is 131 cm³/mol. The highest BCUT2D eigenvalue weighted by atomic mass is 35.5. The number of nitrogens with zero attached hydrogens (tertiary/aromatic N) is 1. The van der Waals surface area contributed by atoms with Crippen LogP contribution in [0.15, 0.2) is 53.1 Å². The van der Waals surface area contributed by atoms with Crippen molar-refractivity contribution >= 4 is 46.8 Å². The van der Waals surface area contributed by atoms with Crippen LogP contribution >= 0.6 is 35.0 Å². The molecule has 0 saturated carbocycles. The molecule has 7 nitrogen and oxygen atoms in total. The molecule has 0 aliphatic carbocycles. The first-order valence-electron chi connectivity index (χ1n) is 10.4. The maximum atomic E-state index is 13.0. The van der Waals surface area contributed by atoms with Crippen molar-refractivity contribution in [2.45, 2.75) is 12.8 Å². The zero-order valence-electron chi connectivity index (χ0n) is 18.5. The van der Waals surface area contributed by atoms with E-state index in [2.05, 4.69) is 11.4 Å². The molecule has 0 fully saturated rings. The van der Waals surface area contributed by atoms with Gasteiger partial charge in [-0.1, -0.05) is 41.4 Å². The number of amides is 1. The van der Waals surface area contributed by atoms with E-state index in [1.165, 1.54) is 18.9 Å². The van der Waals surface area contributed by atoms with Crippen LogP contribution in [0.1, 0.15) is 18.4 Å². The summed E-state index contributed by atoms with van der Waals surface area (Å²) in [6.07, 6.45) is 0. The van der Waals surface area contributed by atoms with E-state index in [0.717, 1.165) is 0 Å². The zero-order valence-corrected chi connectivity index (χ0v) is 20.8. The van der Waals surface area contributed by atoms with Crippen molar-refractivity contribution in [3.63, 3.8) is 0 Å². The summed E-state index contributed by atoms with van der Waals surface area (Å²) in [5.41, 5.74) is 0.634. The van der Waals surface area contributed by atoms with E-state index >= 15 is 0 Å². The van der Waals surface area contributed by atoms with E-state index in [0.29, 0.717) is 41.1 Å². The van der Waals surface area contributed by atoms with Crippen LogP contribution in [0, 0.1) is 17.2 Å². The molecular formula is C24H22Cl2N2O5S. The third-order valence-corrected chi connectivity index (χ3v) is 6.54. The monoisotopic (exact) mass is 520 g/mol. The van der Waals surface area contributed by atoms with Gasteiger partial charge in [0.25, 0.3) is 0 Å². The molecule has 0 unspecified atom stereocenters. The van der Waals surface area contributed by atoms with Crippen molar-refractivity contribution in [1.82, 2.24) is 5.32 Å². The molecule has 1 amide bonds. The normalized spacial score (nSPS) is 17.6. The van der Waals surface area contributed by atoms with Gasteiger partial charge in [0, 0.05) is 11.7 Å². The lowest BCUT2D eigenvalue weighted by molar-refractivity contribution is -0.150. The van der Waals surface area contributed by atoms with Gasteiger partial charge in [0.2, 0.25) is 5.91 Å². The molecule has 0 saturated heterocycles. The fraction of sp³-hybridized carbons (Fsp3) is 0.292. The van der Waals surface area contributed by atoms with Crippen molar-refractivity contribution in [3.8, 4) is 17.6 Å². The SMILES string of the molecule is CCOc1c(Cl)cc([C@H]2C(C#N)=C(SCCOc3ccccc3)NC(=O)[C@@H]2C(=O)OC)cc1Cl. The number of nitrogens with one attached hydrogen (secondary N) is 1. The van der Waals surface area contributed by atoms with E-state index in [1.807, 2.05) is 30.3 Å². The van der Waals surface area contributed by atoms with Crippen molar-refractivity contribution in [2.75, 3.05) is 26.1 Å². The molecule has 1 heterocycles. The van der Waals surface area contributed by atoms with Crippen LogP contribution in [-0.4, -0.2) is 38.0 Å². The molecule has 2 atom stereocenters. The quantitative estimate of drug-likeness (QED) is 0.284. The Balaban J connectivity index is 1.94. The van der Waals surface area contributed by atoms with Crippen LogP contribution in [0.25, 0.3) is 0 Å². The Bertz CT molecular complexity index is 1110. The summed E-state index contributed by atoms with van der Waals surface area (Å²) in [5.74, 6) is -2.11. The molecule has 1 aliphatic heterocycles. The standard InChI is InChI=1S/C24H22Cl2N2O5S/c1-3-32-21-17(25)11-14(12-18(21)26)19-16(13-27)23(28-22(29)20(19)24(30)31-2)34-10-9-33-15-7-5-4-6-8-15/h4-8,11-12,19-20H,3,9-10H2,1-2H3,(H,28,29)/t19-,20+/m0/s1. The number of benzene rings is 2. The number of halogens is 2. The van der Waals surface area contributed by atoms with E-state index in [4.69, 9.17) is 37.4 Å². The van der Waals surface area contributed by atoms with Crippen LogP contribution < -0.4 is 14.8 Å². The number of hydrogen-bond acceptors (Lipinski definition) is 7. The number of carbonyl (C=O) groups is 2. The number of methoxy groups -OCH3 is 1. The van der Waals surface area contributed by atoms with E-state index < -0.39 is 23.7 Å². The topological polar surface area (TPSA) is 97.6 Å². The van der Waals surface area contributed by atoms with E-state index in [1.54, 1.807) is 19.1 Å². The maximum absolute atomic E-state index is 13.0. The highest BCUT2D eigenvalue weighted by Crippen LogP contribution is 2.44. The summed E-state index contributed by atoms with van der Waals surface area (Å²) < 4.78 is 16.0. The number of carbonyl (C=O) groups excluding carboxylic acids is 2. The third-order valence-electron chi connectivity index (χ3n) is 4.99. The van der Waals surface area contributed by atoms with Crippen molar-refractivity contribution in [1.29, 1.82) is 5.26 Å². The number of thioether (sulfide) groups is 1. The van der Waals surface area contributed by atoms with Crippen molar-refractivity contribution in [2.24, 2.45) is 5.92 Å². The van der Waals surface area contributed by atoms with Gasteiger partial charge in [0.15, 0.2) is 5.75 Å². The summed E-state index contributed by atoms with van der Waals surface area (Å²) in [6.45, 7) is 2.49. The summed E-state index contributed by atoms with van der Waals surface area (Å²) in [4.78, 5) is 25.5. The number of ether oxygens (including phenoxy) is 3. The molecule has 2 aromatic rings. The lowest BCUT2D eigenvalue weighted by atomic mass is 9.78. The van der Waals surface area contributed by atoms with Gasteiger partial charge < -0.3 is 19.5 Å². The van der Waals surface area contributed by atoms with Gasteiger partial charge >= 0.3 is 5.97 Å². The Morgan fingerprint density at radius 3 is 2.44 bits per heavy atom. The first-order valence-corrected chi connectivity index (χ1v) is 12.1. The van der Waals surface area contributed by atoms with Gasteiger partial charge in [-0.05, 0) is 36.8 Å². The average molecular weight is 521 g/mol. The van der Waals surface area contributed by atoms with Gasteiger partial charge in [0.1, 0.15) is 11.7 Å². The Kier molecular flexibility index (Phi) is 9.11. The predicted octanol–water partition coefficient (Wildman–Crippen LogP) is 4.94. The molecule has 0 aromatic heterocycles. The van der Waals surface area contributed by atoms with Crippen LogP contribution in [-0.2, 0) is 14.3 Å². The first kappa shape index (κ1) is 25.8. The highest BCUT2D eigenvalue weighted by Gasteiger charge is 2.44. The zero-order chi connectivity index (χ0) is 24.7. The number of esters is 1. The van der Waals surface area contributed by atoms with Crippen molar-refractivity contribution < 1.29 is 23.8 Å². The fourth-order valence-electron chi connectivity index (χ4n) is 3.54. The maximum Gasteiger partial charge on any atom is 0.319 e. The van der Waals surface area contributed by atoms with Gasteiger partial charge in [0.05, 0.1) is 47.0 Å². The summed E-state index contributed by atoms with van der Waals surface area (Å²) >= 11 is 14.0. The highest BCUT2D eigenvalue weighted by molar-refractivity contribution is 8.03. The van der Waals surface area contributed by atoms with Gasteiger partial charge in [-0.2, -0.15) is 5.26 Å². The Morgan fingerprint density at radius 1 is 1.18 bits per heavy atom. The lowest BCUT2D eigenvalue weighted by Crippen LogP contribution is -2.44. The molecule has 2 aromatic carbocycles. The smallest absolute Gasteiger partial charge is 0.319 e. The number of para-hydroxylation sites is 1. The molecule has 10 heteroatoms. The fourth-order valence-corrected chi connectivity index (χ4v) is 5.03. The molecule has 1 aliphatic rings. The summed E-state index contributed by atoms with van der Waals surface area (Å²) in [5, 5.41) is 13.5. The minimum Gasteiger partial charge on any atom is -0.493 e. The van der Waals surface area contributed by atoms with Gasteiger partial charge in [-0.25, -0.2) is 0 Å². The van der Waals surface area contributed by atoms with Crippen LogP contribution in [0.5, 0.6) is 11.5 Å². The molecule has 34 heavy (non-hydrogen) atoms. The molecule has 0 bridgehead atoms. The van der Waals surface area contributed by atoms with E-state index in [9.17, 15) is 14.9 Å². The number of nitriles is 1. The average Bonchev–Trinajstić information content (AvgIpc) is 2.83. The van der Waals surface area contributed by atoms with Crippen LogP contribution in [0.3, 0.4) is 0 Å². The largest absolute Gasteiger partial charge is 0.493 e. The Hall–Kier alpha value is -2.86. The second-order valence-electron chi connectivity index (χ2n) is 7.08. The van der Waals surface area contributed by atoms with Gasteiger partial charge in [-0.3, -0.25) is 9.59 Å². The van der Waals surface area contributed by atoms with Crippen LogP contribution in [0.4, 0.5) is 0 Å². The molecule has 0 spiro atoms. The molecule has 3 rings (SSSR count). The van der Waals surface area contributed by atoms with Crippen LogP contribution in [0.2, 0.25) is 10.0 Å². The minimum absolute atomic E-state index is 0.205. The molecule has 178 valence electrons. The van der Waals surface area contributed by atoms with E-state index in [-0.39, 0.29) is 15.6 Å². The molecule has 1 N–H and O–H groups in total. The Morgan fingerprint density at radius 2 is 1.85 bits per heavy atom.